The summed E-state index contributed by atoms with van der Waals surface area (Å²) >= 11 is 5.88. The van der Waals surface area contributed by atoms with Crippen LogP contribution in [0.2, 0.25) is 5.02 Å². The van der Waals surface area contributed by atoms with E-state index in [4.69, 9.17) is 16.3 Å². The molecule has 1 aliphatic heterocycles. The first kappa shape index (κ1) is 22.2. The topological polar surface area (TPSA) is 105 Å². The maximum Gasteiger partial charge on any atom is 0.240 e. The first-order valence-corrected chi connectivity index (χ1v) is 11.1. The van der Waals surface area contributed by atoms with Crippen molar-refractivity contribution in [2.24, 2.45) is 5.92 Å². The fraction of sp³-hybridized carbons (Fsp3) is 0.300. The molecule has 0 aliphatic carbocycles. The second-order valence-electron chi connectivity index (χ2n) is 6.79. The number of carbonyl (C=O) groups is 2. The van der Waals surface area contributed by atoms with Crippen LogP contribution in [0.5, 0.6) is 0 Å². The molecule has 0 aromatic heterocycles. The average Bonchev–Trinajstić information content (AvgIpc) is 3.11. The van der Waals surface area contributed by atoms with Crippen LogP contribution in [0.4, 0.5) is 11.4 Å². The number of anilines is 2. The molecule has 30 heavy (non-hydrogen) atoms. The van der Waals surface area contributed by atoms with E-state index < -0.39 is 15.9 Å². The van der Waals surface area contributed by atoms with Crippen molar-refractivity contribution in [2.75, 3.05) is 37.0 Å². The fourth-order valence-electron chi connectivity index (χ4n) is 3.08. The minimum absolute atomic E-state index is 0.0848. The average molecular weight is 452 g/mol. The normalized spacial score (nSPS) is 16.7. The van der Waals surface area contributed by atoms with Crippen LogP contribution < -0.4 is 14.9 Å². The van der Waals surface area contributed by atoms with Crippen LogP contribution in [0.3, 0.4) is 0 Å². The van der Waals surface area contributed by atoms with E-state index in [1.807, 2.05) is 0 Å². The molecule has 8 nitrogen and oxygen atoms in total. The van der Waals surface area contributed by atoms with Gasteiger partial charge in [-0.2, -0.15) is 0 Å². The van der Waals surface area contributed by atoms with Gasteiger partial charge in [0.1, 0.15) is 0 Å². The van der Waals surface area contributed by atoms with E-state index in [2.05, 4.69) is 10.0 Å². The van der Waals surface area contributed by atoms with Crippen LogP contribution in [0.1, 0.15) is 6.42 Å². The summed E-state index contributed by atoms with van der Waals surface area (Å²) in [5.74, 6) is -0.943. The standard InChI is InChI=1S/C20H22ClN3O5S/c1-29-11-10-22-30(27,28)18-8-4-16(5-9-18)23-20(26)14-12-19(25)24(13-14)17-6-2-15(21)3-7-17/h2-9,14,22H,10-13H2,1H3,(H,23,26). The Balaban J connectivity index is 1.61. The van der Waals surface area contributed by atoms with E-state index in [0.717, 1.165) is 0 Å². The number of hydrogen-bond donors (Lipinski definition) is 2. The number of benzene rings is 2. The molecule has 1 heterocycles. The number of methoxy groups -OCH3 is 1. The molecular weight excluding hydrogens is 430 g/mol. The van der Waals surface area contributed by atoms with Crippen LogP contribution in [0, 0.1) is 5.92 Å². The lowest BCUT2D eigenvalue weighted by atomic mass is 10.1. The van der Waals surface area contributed by atoms with Crippen molar-refractivity contribution in [1.82, 2.24) is 4.72 Å². The summed E-state index contributed by atoms with van der Waals surface area (Å²) in [5.41, 5.74) is 1.14. The summed E-state index contributed by atoms with van der Waals surface area (Å²) in [6.07, 6.45) is 0.102. The summed E-state index contributed by atoms with van der Waals surface area (Å²) in [6, 6.07) is 12.7. The molecule has 1 fully saturated rings. The highest BCUT2D eigenvalue weighted by Crippen LogP contribution is 2.27. The van der Waals surface area contributed by atoms with Crippen molar-refractivity contribution >= 4 is 44.8 Å². The Kier molecular flexibility index (Phi) is 7.09. The number of halogens is 1. The Bertz CT molecular complexity index is 1010. The second-order valence-corrected chi connectivity index (χ2v) is 8.99. The zero-order valence-corrected chi connectivity index (χ0v) is 17.9. The van der Waals surface area contributed by atoms with Gasteiger partial charge in [0.05, 0.1) is 17.4 Å². The van der Waals surface area contributed by atoms with Crippen molar-refractivity contribution < 1.29 is 22.7 Å². The van der Waals surface area contributed by atoms with Crippen LogP contribution >= 0.6 is 11.6 Å². The molecule has 3 rings (SSSR count). The van der Waals surface area contributed by atoms with E-state index in [9.17, 15) is 18.0 Å². The van der Waals surface area contributed by atoms with E-state index in [1.54, 1.807) is 29.2 Å². The second kappa shape index (κ2) is 9.57. The van der Waals surface area contributed by atoms with Gasteiger partial charge in [0.25, 0.3) is 0 Å². The van der Waals surface area contributed by atoms with E-state index in [0.29, 0.717) is 16.4 Å². The number of carbonyl (C=O) groups excluding carboxylic acids is 2. The number of ether oxygens (including phenoxy) is 1. The molecule has 0 saturated carbocycles. The van der Waals surface area contributed by atoms with Gasteiger partial charge in [-0.25, -0.2) is 13.1 Å². The van der Waals surface area contributed by atoms with Gasteiger partial charge in [0.2, 0.25) is 21.8 Å². The van der Waals surface area contributed by atoms with E-state index in [1.165, 1.54) is 31.4 Å². The predicted octanol–water partition coefficient (Wildman–Crippen LogP) is 2.26. The minimum atomic E-state index is -3.65. The largest absolute Gasteiger partial charge is 0.383 e. The number of amides is 2. The molecule has 1 atom stereocenters. The highest BCUT2D eigenvalue weighted by atomic mass is 35.5. The zero-order chi connectivity index (χ0) is 21.7. The Morgan fingerprint density at radius 3 is 2.47 bits per heavy atom. The summed E-state index contributed by atoms with van der Waals surface area (Å²) in [7, 11) is -2.16. The fourth-order valence-corrected chi connectivity index (χ4v) is 4.22. The summed E-state index contributed by atoms with van der Waals surface area (Å²) in [4.78, 5) is 26.6. The zero-order valence-electron chi connectivity index (χ0n) is 16.3. The Labute approximate surface area is 180 Å². The number of hydrogen-bond acceptors (Lipinski definition) is 5. The van der Waals surface area contributed by atoms with Gasteiger partial charge in [-0.1, -0.05) is 11.6 Å². The van der Waals surface area contributed by atoms with Crippen LogP contribution in [0.25, 0.3) is 0 Å². The number of rotatable bonds is 8. The lowest BCUT2D eigenvalue weighted by Gasteiger charge is -2.17. The van der Waals surface area contributed by atoms with Crippen molar-refractivity contribution in [3.8, 4) is 0 Å². The maximum atomic E-state index is 12.6. The third-order valence-electron chi connectivity index (χ3n) is 4.66. The van der Waals surface area contributed by atoms with Crippen LogP contribution in [-0.2, 0) is 24.3 Å². The molecule has 2 aromatic rings. The molecule has 2 aromatic carbocycles. The van der Waals surface area contributed by atoms with Gasteiger partial charge in [-0.05, 0) is 48.5 Å². The molecule has 1 aliphatic rings. The Morgan fingerprint density at radius 1 is 1.17 bits per heavy atom. The van der Waals surface area contributed by atoms with Crippen LogP contribution in [-0.4, -0.2) is 47.0 Å². The number of nitrogens with one attached hydrogen (secondary N) is 2. The molecule has 160 valence electrons. The highest BCUT2D eigenvalue weighted by Gasteiger charge is 2.35. The monoisotopic (exact) mass is 451 g/mol. The molecule has 10 heteroatoms. The van der Waals surface area contributed by atoms with Gasteiger partial charge in [-0.15, -0.1) is 0 Å². The van der Waals surface area contributed by atoms with Crippen molar-refractivity contribution in [3.63, 3.8) is 0 Å². The molecule has 1 saturated heterocycles. The molecule has 0 spiro atoms. The maximum absolute atomic E-state index is 12.6. The van der Waals surface area contributed by atoms with E-state index >= 15 is 0 Å². The van der Waals surface area contributed by atoms with Gasteiger partial charge >= 0.3 is 0 Å². The van der Waals surface area contributed by atoms with Crippen molar-refractivity contribution in [2.45, 2.75) is 11.3 Å². The summed E-state index contributed by atoms with van der Waals surface area (Å²) in [5, 5.41) is 3.31. The molecule has 0 bridgehead atoms. The molecular formula is C20H22ClN3O5S. The van der Waals surface area contributed by atoms with Gasteiger partial charge in [-0.3, -0.25) is 9.59 Å². The summed E-state index contributed by atoms with van der Waals surface area (Å²) in [6.45, 7) is 0.694. The van der Waals surface area contributed by atoms with Crippen molar-refractivity contribution in [1.29, 1.82) is 0 Å². The first-order valence-electron chi connectivity index (χ1n) is 9.25. The molecule has 2 N–H and O–H groups in total. The third kappa shape index (κ3) is 5.37. The Morgan fingerprint density at radius 2 is 1.83 bits per heavy atom. The van der Waals surface area contributed by atoms with Gasteiger partial charge < -0.3 is 15.0 Å². The van der Waals surface area contributed by atoms with Gasteiger partial charge in [0.15, 0.2) is 0 Å². The summed E-state index contributed by atoms with van der Waals surface area (Å²) < 4.78 is 31.6. The molecule has 0 radical (unpaired) electrons. The number of nitrogens with zero attached hydrogens (tertiary/aromatic N) is 1. The minimum Gasteiger partial charge on any atom is -0.383 e. The smallest absolute Gasteiger partial charge is 0.240 e. The third-order valence-corrected chi connectivity index (χ3v) is 6.39. The van der Waals surface area contributed by atoms with Crippen molar-refractivity contribution in [3.05, 3.63) is 53.6 Å². The van der Waals surface area contributed by atoms with Crippen LogP contribution in [0.15, 0.2) is 53.4 Å². The predicted molar refractivity (Wildman–Crippen MR) is 114 cm³/mol. The molecule has 2 amide bonds. The lowest BCUT2D eigenvalue weighted by molar-refractivity contribution is -0.122. The highest BCUT2D eigenvalue weighted by molar-refractivity contribution is 7.89. The SMILES string of the molecule is COCCNS(=O)(=O)c1ccc(NC(=O)C2CC(=O)N(c3ccc(Cl)cc3)C2)cc1. The molecule has 1 unspecified atom stereocenters. The van der Waals surface area contributed by atoms with E-state index in [-0.39, 0.29) is 42.8 Å². The number of sulfonamides is 1. The first-order chi connectivity index (χ1) is 14.3. The Hall–Kier alpha value is -2.46. The quantitative estimate of drug-likeness (QED) is 0.599. The lowest BCUT2D eigenvalue weighted by Crippen LogP contribution is -2.28. The van der Waals surface area contributed by atoms with Gasteiger partial charge in [0, 0.05) is 43.0 Å².